The molecule has 0 heterocycles. The second-order valence-electron chi connectivity index (χ2n) is 6.65. The van der Waals surface area contributed by atoms with Gasteiger partial charge in [0.05, 0.1) is 23.7 Å². The molecule has 5 nitrogen and oxygen atoms in total. The number of hydrogen-bond acceptors (Lipinski definition) is 5. The van der Waals surface area contributed by atoms with Gasteiger partial charge < -0.3 is 14.0 Å². The van der Waals surface area contributed by atoms with Crippen molar-refractivity contribution in [2.45, 2.75) is 6.92 Å². The van der Waals surface area contributed by atoms with Crippen LogP contribution in [-0.4, -0.2) is 25.3 Å². The molecule has 0 saturated carbocycles. The number of ether oxygens (including phenoxy) is 2. The minimum atomic E-state index is -4.53. The average molecular weight is 522 g/mol. The van der Waals surface area contributed by atoms with E-state index in [0.717, 1.165) is 0 Å². The molecule has 0 saturated heterocycles. The Kier molecular flexibility index (Phi) is 7.05. The maximum atomic E-state index is 14.7. The van der Waals surface area contributed by atoms with Crippen molar-refractivity contribution < 1.29 is 23.6 Å². The summed E-state index contributed by atoms with van der Waals surface area (Å²) in [6.07, 6.45) is 0. The zero-order chi connectivity index (χ0) is 22.8. The third-order valence-corrected chi connectivity index (χ3v) is 8.43. The van der Waals surface area contributed by atoms with Gasteiger partial charge >= 0.3 is 0 Å². The van der Waals surface area contributed by atoms with Crippen molar-refractivity contribution in [1.29, 1.82) is 0 Å². The highest BCUT2D eigenvalue weighted by atomic mass is 79.9. The van der Waals surface area contributed by atoms with Crippen molar-refractivity contribution in [1.82, 2.24) is 0 Å². The highest BCUT2D eigenvalue weighted by Gasteiger charge is 2.48. The van der Waals surface area contributed by atoms with Gasteiger partial charge in [0.1, 0.15) is 16.8 Å². The lowest BCUT2D eigenvalue weighted by Crippen LogP contribution is -2.24. The van der Waals surface area contributed by atoms with Crippen LogP contribution in [0.2, 0.25) is 5.02 Å². The Labute approximate surface area is 193 Å². The first-order valence-corrected chi connectivity index (χ1v) is 12.1. The summed E-state index contributed by atoms with van der Waals surface area (Å²) in [6.45, 7) is 1.67. The quantitative estimate of drug-likeness (QED) is 0.352. The summed E-state index contributed by atoms with van der Waals surface area (Å²) in [5.41, 5.74) is -1.04. The molecule has 3 aromatic carbocycles. The first-order valence-electron chi connectivity index (χ1n) is 9.18. The molecule has 0 aliphatic rings. The van der Waals surface area contributed by atoms with Crippen molar-refractivity contribution in [3.63, 3.8) is 0 Å². The van der Waals surface area contributed by atoms with E-state index in [4.69, 9.17) is 21.1 Å². The Morgan fingerprint density at radius 3 is 2.16 bits per heavy atom. The molecule has 0 N–H and O–H groups in total. The molecule has 1 unspecified atom stereocenters. The van der Waals surface area contributed by atoms with E-state index in [9.17, 15) is 14.2 Å². The maximum Gasteiger partial charge on any atom is 0.256 e. The molecule has 31 heavy (non-hydrogen) atoms. The second-order valence-corrected chi connectivity index (χ2v) is 10.4. The SMILES string of the molecule is COc1ccc(Br)c(OC)c1P(=O)(C(=O)c1ccccc1)C(=O)c1c(C)cccc1Cl. The van der Waals surface area contributed by atoms with Gasteiger partial charge in [0, 0.05) is 11.1 Å². The average Bonchev–Trinajstić information content (AvgIpc) is 2.78. The third kappa shape index (κ3) is 4.08. The van der Waals surface area contributed by atoms with Crippen LogP contribution in [0.15, 0.2) is 65.1 Å². The molecule has 3 rings (SSSR count). The largest absolute Gasteiger partial charge is 0.496 e. The monoisotopic (exact) mass is 520 g/mol. The smallest absolute Gasteiger partial charge is 0.256 e. The fourth-order valence-corrected chi connectivity index (χ4v) is 7.01. The summed E-state index contributed by atoms with van der Waals surface area (Å²) in [7, 11) is -1.79. The summed E-state index contributed by atoms with van der Waals surface area (Å²) in [6, 6.07) is 16.1. The predicted molar refractivity (Wildman–Crippen MR) is 126 cm³/mol. The van der Waals surface area contributed by atoms with Crippen molar-refractivity contribution in [2.24, 2.45) is 0 Å². The van der Waals surface area contributed by atoms with Crippen LogP contribution in [0.25, 0.3) is 0 Å². The molecule has 0 spiro atoms. The van der Waals surface area contributed by atoms with Crippen LogP contribution in [-0.2, 0) is 4.57 Å². The Balaban J connectivity index is 2.43. The minimum absolute atomic E-state index is 0.0286. The van der Waals surface area contributed by atoms with Gasteiger partial charge in [-0.05, 0) is 46.6 Å². The molecule has 0 bridgehead atoms. The Hall–Kier alpha value is -2.40. The molecule has 8 heteroatoms. The first kappa shape index (κ1) is 23.3. The molecule has 160 valence electrons. The van der Waals surface area contributed by atoms with Crippen LogP contribution >= 0.6 is 34.7 Å². The summed E-state index contributed by atoms with van der Waals surface area (Å²) in [5.74, 6) is 0.191. The molecule has 1 atom stereocenters. The number of aryl methyl sites for hydroxylation is 1. The molecule has 0 fully saturated rings. The highest BCUT2D eigenvalue weighted by molar-refractivity contribution is 9.10. The number of halogens is 2. The summed E-state index contributed by atoms with van der Waals surface area (Å²) < 4.78 is 26.0. The Morgan fingerprint density at radius 1 is 0.903 bits per heavy atom. The molecular formula is C23H19BrClO5P. The van der Waals surface area contributed by atoms with E-state index in [2.05, 4.69) is 15.9 Å². The van der Waals surface area contributed by atoms with Gasteiger partial charge in [-0.3, -0.25) is 9.59 Å². The molecule has 0 aromatic heterocycles. The second kappa shape index (κ2) is 9.39. The number of carbonyl (C=O) groups excluding carboxylic acids is 2. The lowest BCUT2D eigenvalue weighted by atomic mass is 10.1. The summed E-state index contributed by atoms with van der Waals surface area (Å²) >= 11 is 9.67. The topological polar surface area (TPSA) is 69.7 Å². The maximum absolute atomic E-state index is 14.7. The summed E-state index contributed by atoms with van der Waals surface area (Å²) in [5, 5.41) is 0.00376. The van der Waals surface area contributed by atoms with Gasteiger partial charge in [-0.25, -0.2) is 0 Å². The van der Waals surface area contributed by atoms with E-state index in [0.29, 0.717) is 10.0 Å². The van der Waals surface area contributed by atoms with Gasteiger partial charge in [-0.15, -0.1) is 0 Å². The Morgan fingerprint density at radius 2 is 1.58 bits per heavy atom. The van der Waals surface area contributed by atoms with E-state index in [1.807, 2.05) is 0 Å². The predicted octanol–water partition coefficient (Wildman–Crippen LogP) is 6.10. The number of hydrogen-bond donors (Lipinski definition) is 0. The van der Waals surface area contributed by atoms with E-state index in [-0.39, 0.29) is 33.0 Å². The van der Waals surface area contributed by atoms with Gasteiger partial charge in [0.2, 0.25) is 11.0 Å². The zero-order valence-electron chi connectivity index (χ0n) is 17.0. The van der Waals surface area contributed by atoms with E-state index in [1.54, 1.807) is 43.3 Å². The molecule has 0 radical (unpaired) electrons. The van der Waals surface area contributed by atoms with Crippen LogP contribution in [0.1, 0.15) is 26.3 Å². The van der Waals surface area contributed by atoms with Crippen LogP contribution < -0.4 is 14.8 Å². The number of carbonyl (C=O) groups is 2. The van der Waals surface area contributed by atoms with E-state index < -0.39 is 18.2 Å². The molecule has 0 aliphatic carbocycles. The van der Waals surface area contributed by atoms with Crippen molar-refractivity contribution in [2.75, 3.05) is 14.2 Å². The normalized spacial score (nSPS) is 12.7. The number of methoxy groups -OCH3 is 2. The summed E-state index contributed by atoms with van der Waals surface area (Å²) in [4.78, 5) is 27.6. The lowest BCUT2D eigenvalue weighted by molar-refractivity contribution is 0.104. The zero-order valence-corrected chi connectivity index (χ0v) is 20.3. The van der Waals surface area contributed by atoms with E-state index in [1.165, 1.54) is 38.5 Å². The first-order chi connectivity index (χ1) is 14.8. The van der Waals surface area contributed by atoms with Crippen molar-refractivity contribution in [3.8, 4) is 11.5 Å². The van der Waals surface area contributed by atoms with Gasteiger partial charge in [0.25, 0.3) is 7.14 Å². The van der Waals surface area contributed by atoms with Gasteiger partial charge in [-0.2, -0.15) is 0 Å². The lowest BCUT2D eigenvalue weighted by Gasteiger charge is -2.23. The Bertz CT molecular complexity index is 1190. The molecule has 0 aliphatic heterocycles. The van der Waals surface area contributed by atoms with Crippen LogP contribution in [0.4, 0.5) is 0 Å². The molecule has 3 aromatic rings. The van der Waals surface area contributed by atoms with Crippen LogP contribution in [0.5, 0.6) is 11.5 Å². The van der Waals surface area contributed by atoms with Crippen LogP contribution in [0.3, 0.4) is 0 Å². The fourth-order valence-electron chi connectivity index (χ4n) is 3.30. The number of benzene rings is 3. The molecule has 0 amide bonds. The van der Waals surface area contributed by atoms with Crippen molar-refractivity contribution in [3.05, 3.63) is 86.8 Å². The van der Waals surface area contributed by atoms with Gasteiger partial charge in [-0.1, -0.05) is 54.1 Å². The highest BCUT2D eigenvalue weighted by Crippen LogP contribution is 2.57. The van der Waals surface area contributed by atoms with Crippen LogP contribution in [0, 0.1) is 6.92 Å². The van der Waals surface area contributed by atoms with E-state index >= 15 is 0 Å². The fraction of sp³-hybridized carbons (Fsp3) is 0.130. The standard InChI is InChI=1S/C23H19BrClO5P/c1-14-8-7-11-17(25)19(14)23(27)31(28,22(26)15-9-5-4-6-10-15)21-18(29-2)13-12-16(24)20(21)30-3/h4-13H,1-3H3. The van der Waals surface area contributed by atoms with Crippen molar-refractivity contribution >= 4 is 51.0 Å². The number of rotatable bonds is 7. The molecular weight excluding hydrogens is 503 g/mol. The minimum Gasteiger partial charge on any atom is -0.496 e. The van der Waals surface area contributed by atoms with Gasteiger partial charge in [0.15, 0.2) is 0 Å². The third-order valence-electron chi connectivity index (χ3n) is 4.81.